The molecule has 1 heterocycles. The zero-order chi connectivity index (χ0) is 14.0. The van der Waals surface area contributed by atoms with E-state index in [1.54, 1.807) is 24.0 Å². The monoisotopic (exact) mass is 363 g/mol. The van der Waals surface area contributed by atoms with Crippen molar-refractivity contribution >= 4 is 37.6 Å². The van der Waals surface area contributed by atoms with Crippen molar-refractivity contribution in [2.45, 2.75) is 11.4 Å². The zero-order valence-electron chi connectivity index (χ0n) is 9.97. The molecule has 1 N–H and O–H groups in total. The van der Waals surface area contributed by atoms with Gasteiger partial charge in [-0.2, -0.15) is 5.10 Å². The molecule has 0 unspecified atom stereocenters. The van der Waals surface area contributed by atoms with Gasteiger partial charge in [0.15, 0.2) is 0 Å². The highest BCUT2D eigenvalue weighted by Gasteiger charge is 2.15. The van der Waals surface area contributed by atoms with Crippen LogP contribution in [0.2, 0.25) is 5.02 Å². The number of aryl methyl sites for hydroxylation is 1. The predicted molar refractivity (Wildman–Crippen MR) is 76.4 cm³/mol. The maximum Gasteiger partial charge on any atom is 0.240 e. The van der Waals surface area contributed by atoms with Crippen molar-refractivity contribution in [3.8, 4) is 0 Å². The number of sulfonamides is 1. The Morgan fingerprint density at radius 3 is 2.74 bits per heavy atom. The third-order valence-electron chi connectivity index (χ3n) is 2.41. The SMILES string of the molecule is Cn1ccc(CNS(=O)(=O)c2ccc(Cl)c(Br)c2)n1. The Balaban J connectivity index is 2.16. The summed E-state index contributed by atoms with van der Waals surface area (Å²) in [5, 5.41) is 4.56. The van der Waals surface area contributed by atoms with Crippen molar-refractivity contribution in [3.63, 3.8) is 0 Å². The van der Waals surface area contributed by atoms with Crippen molar-refractivity contribution in [3.05, 3.63) is 45.7 Å². The lowest BCUT2D eigenvalue weighted by Gasteiger charge is -2.06. The zero-order valence-corrected chi connectivity index (χ0v) is 13.1. The molecule has 0 amide bonds. The molecule has 5 nitrogen and oxygen atoms in total. The van der Waals surface area contributed by atoms with E-state index >= 15 is 0 Å². The predicted octanol–water partition coefficient (Wildman–Crippen LogP) is 2.31. The summed E-state index contributed by atoms with van der Waals surface area (Å²) in [5.74, 6) is 0. The van der Waals surface area contributed by atoms with Crippen LogP contribution in [0.4, 0.5) is 0 Å². The van der Waals surface area contributed by atoms with Crippen LogP contribution >= 0.6 is 27.5 Å². The van der Waals surface area contributed by atoms with E-state index in [9.17, 15) is 8.42 Å². The lowest BCUT2D eigenvalue weighted by atomic mass is 10.4. The molecule has 0 radical (unpaired) electrons. The molecule has 0 saturated carbocycles. The van der Waals surface area contributed by atoms with Crippen LogP contribution in [0.5, 0.6) is 0 Å². The van der Waals surface area contributed by atoms with Gasteiger partial charge in [-0.15, -0.1) is 0 Å². The molecule has 1 aromatic heterocycles. The molecule has 0 bridgehead atoms. The first kappa shape index (κ1) is 14.5. The van der Waals surface area contributed by atoms with E-state index in [0.717, 1.165) is 0 Å². The van der Waals surface area contributed by atoms with Gasteiger partial charge in [0, 0.05) is 17.7 Å². The highest BCUT2D eigenvalue weighted by molar-refractivity contribution is 9.10. The second-order valence-electron chi connectivity index (χ2n) is 3.88. The van der Waals surface area contributed by atoms with Crippen LogP contribution in [0.25, 0.3) is 0 Å². The first-order valence-corrected chi connectivity index (χ1v) is 7.97. The number of hydrogen-bond acceptors (Lipinski definition) is 3. The van der Waals surface area contributed by atoms with Gasteiger partial charge in [0.05, 0.1) is 22.2 Å². The first-order chi connectivity index (χ1) is 8.88. The fourth-order valence-corrected chi connectivity index (χ4v) is 3.13. The van der Waals surface area contributed by atoms with Gasteiger partial charge in [0.2, 0.25) is 10.0 Å². The average molecular weight is 365 g/mol. The van der Waals surface area contributed by atoms with E-state index < -0.39 is 10.0 Å². The minimum absolute atomic E-state index is 0.142. The minimum atomic E-state index is -3.58. The molecule has 8 heteroatoms. The highest BCUT2D eigenvalue weighted by Crippen LogP contribution is 2.25. The quantitative estimate of drug-likeness (QED) is 0.905. The standard InChI is InChI=1S/C11H11BrClN3O2S/c1-16-5-4-8(15-16)7-14-19(17,18)9-2-3-11(13)10(12)6-9/h2-6,14H,7H2,1H3. The first-order valence-electron chi connectivity index (χ1n) is 5.32. The number of halogens is 2. The smallest absolute Gasteiger partial charge is 0.240 e. The van der Waals surface area contributed by atoms with Crippen LogP contribution in [0.1, 0.15) is 5.69 Å². The van der Waals surface area contributed by atoms with Crippen molar-refractivity contribution in [2.75, 3.05) is 0 Å². The number of nitrogens with one attached hydrogen (secondary N) is 1. The topological polar surface area (TPSA) is 64.0 Å². The summed E-state index contributed by atoms with van der Waals surface area (Å²) in [5.41, 5.74) is 0.652. The second kappa shape index (κ2) is 5.62. The molecule has 0 saturated heterocycles. The maximum atomic E-state index is 12.1. The number of nitrogens with zero attached hydrogens (tertiary/aromatic N) is 2. The summed E-state index contributed by atoms with van der Waals surface area (Å²) in [6, 6.07) is 6.19. The van der Waals surface area contributed by atoms with Gasteiger partial charge >= 0.3 is 0 Å². The van der Waals surface area contributed by atoms with Crippen molar-refractivity contribution in [1.82, 2.24) is 14.5 Å². The van der Waals surface area contributed by atoms with E-state index in [1.165, 1.54) is 18.2 Å². The van der Waals surface area contributed by atoms with Crippen molar-refractivity contribution in [2.24, 2.45) is 7.05 Å². The Bertz CT molecular complexity index is 700. The largest absolute Gasteiger partial charge is 0.276 e. The summed E-state index contributed by atoms with van der Waals surface area (Å²) in [6.07, 6.45) is 1.75. The van der Waals surface area contributed by atoms with Crippen molar-refractivity contribution in [1.29, 1.82) is 0 Å². The number of aromatic nitrogens is 2. The number of rotatable bonds is 4. The fourth-order valence-electron chi connectivity index (χ4n) is 1.45. The maximum absolute atomic E-state index is 12.1. The Labute approximate surface area is 124 Å². The summed E-state index contributed by atoms with van der Waals surface area (Å²) in [6.45, 7) is 0.142. The van der Waals surface area contributed by atoms with E-state index in [-0.39, 0.29) is 11.4 Å². The van der Waals surface area contributed by atoms with Crippen LogP contribution < -0.4 is 4.72 Å². The third kappa shape index (κ3) is 3.56. The van der Waals surface area contributed by atoms with Crippen LogP contribution in [0.3, 0.4) is 0 Å². The minimum Gasteiger partial charge on any atom is -0.276 e. The van der Waals surface area contributed by atoms with Crippen molar-refractivity contribution < 1.29 is 8.42 Å². The molecule has 0 aliphatic carbocycles. The fraction of sp³-hybridized carbons (Fsp3) is 0.182. The molecule has 102 valence electrons. The average Bonchev–Trinajstić information content (AvgIpc) is 2.76. The van der Waals surface area contributed by atoms with Gasteiger partial charge in [0.1, 0.15) is 0 Å². The number of hydrogen-bond donors (Lipinski definition) is 1. The Kier molecular flexibility index (Phi) is 4.29. The third-order valence-corrected chi connectivity index (χ3v) is 5.03. The molecular weight excluding hydrogens is 354 g/mol. The lowest BCUT2D eigenvalue weighted by Crippen LogP contribution is -2.23. The summed E-state index contributed by atoms with van der Waals surface area (Å²) >= 11 is 9.03. The van der Waals surface area contributed by atoms with Gasteiger partial charge in [-0.1, -0.05) is 11.6 Å². The van der Waals surface area contributed by atoms with E-state index in [0.29, 0.717) is 15.2 Å². The summed E-state index contributed by atoms with van der Waals surface area (Å²) < 4.78 is 28.8. The van der Waals surface area contributed by atoms with Gasteiger partial charge in [0.25, 0.3) is 0 Å². The molecule has 0 fully saturated rings. The Morgan fingerprint density at radius 2 is 2.16 bits per heavy atom. The van der Waals surface area contributed by atoms with Crippen LogP contribution in [-0.2, 0) is 23.6 Å². The molecule has 2 aromatic rings. The lowest BCUT2D eigenvalue weighted by molar-refractivity contribution is 0.579. The van der Waals surface area contributed by atoms with Crippen LogP contribution in [0.15, 0.2) is 39.8 Å². The van der Waals surface area contributed by atoms with Gasteiger partial charge < -0.3 is 0 Å². The normalized spacial score (nSPS) is 11.7. The van der Waals surface area contributed by atoms with E-state index in [1.807, 2.05) is 0 Å². The summed E-state index contributed by atoms with van der Waals surface area (Å²) in [7, 11) is -1.80. The molecule has 19 heavy (non-hydrogen) atoms. The molecule has 0 atom stereocenters. The molecule has 0 aliphatic rings. The molecule has 0 aliphatic heterocycles. The van der Waals surface area contributed by atoms with E-state index in [4.69, 9.17) is 11.6 Å². The Hall–Kier alpha value is -0.890. The van der Waals surface area contributed by atoms with Crippen LogP contribution in [-0.4, -0.2) is 18.2 Å². The second-order valence-corrected chi connectivity index (χ2v) is 6.91. The molecular formula is C11H11BrClN3O2S. The van der Waals surface area contributed by atoms with Gasteiger partial charge in [-0.25, -0.2) is 13.1 Å². The van der Waals surface area contributed by atoms with Crippen LogP contribution in [0, 0.1) is 0 Å². The molecule has 2 rings (SSSR count). The Morgan fingerprint density at radius 1 is 1.42 bits per heavy atom. The van der Waals surface area contributed by atoms with Gasteiger partial charge in [-0.3, -0.25) is 4.68 Å². The molecule has 0 spiro atoms. The van der Waals surface area contributed by atoms with Gasteiger partial charge in [-0.05, 0) is 40.2 Å². The highest BCUT2D eigenvalue weighted by atomic mass is 79.9. The molecule has 1 aromatic carbocycles. The van der Waals surface area contributed by atoms with E-state index in [2.05, 4.69) is 25.8 Å². The summed E-state index contributed by atoms with van der Waals surface area (Å²) in [4.78, 5) is 0.153. The number of benzene rings is 1.